The number of sulfonamides is 1. The van der Waals surface area contributed by atoms with Crippen LogP contribution in [-0.2, 0) is 10.0 Å². The molecule has 0 bridgehead atoms. The molecule has 0 aromatic heterocycles. The van der Waals surface area contributed by atoms with Crippen LogP contribution < -0.4 is 5.73 Å². The second-order valence-electron chi connectivity index (χ2n) is 4.69. The minimum absolute atomic E-state index is 0.0238. The number of halogens is 1. The normalized spacial score (nSPS) is 26.1. The molecule has 0 amide bonds. The zero-order chi connectivity index (χ0) is 14.0. The van der Waals surface area contributed by atoms with Gasteiger partial charge in [0.15, 0.2) is 0 Å². The van der Waals surface area contributed by atoms with Crippen molar-refractivity contribution in [3.63, 3.8) is 0 Å². The Labute approximate surface area is 118 Å². The zero-order valence-electron chi connectivity index (χ0n) is 10.4. The molecule has 2 unspecified atom stereocenters. The highest BCUT2D eigenvalue weighted by molar-refractivity contribution is 7.89. The number of hydrogen-bond acceptors (Lipinski definition) is 4. The monoisotopic (exact) mass is 304 g/mol. The van der Waals surface area contributed by atoms with Gasteiger partial charge in [-0.3, -0.25) is 0 Å². The molecule has 1 heterocycles. The van der Waals surface area contributed by atoms with Crippen molar-refractivity contribution in [2.24, 2.45) is 5.73 Å². The maximum atomic E-state index is 12.5. The average molecular weight is 305 g/mol. The van der Waals surface area contributed by atoms with Crippen molar-refractivity contribution in [2.45, 2.75) is 29.9 Å². The molecule has 5 nitrogen and oxygen atoms in total. The Kier molecular flexibility index (Phi) is 4.47. The van der Waals surface area contributed by atoms with Gasteiger partial charge in [-0.25, -0.2) is 8.42 Å². The van der Waals surface area contributed by atoms with E-state index in [1.807, 2.05) is 0 Å². The Hall–Kier alpha value is -0.660. The van der Waals surface area contributed by atoms with E-state index in [0.717, 1.165) is 0 Å². The number of nitrogens with two attached hydrogens (primary N) is 1. The summed E-state index contributed by atoms with van der Waals surface area (Å²) in [5.41, 5.74) is 5.75. The van der Waals surface area contributed by atoms with Gasteiger partial charge in [-0.15, -0.1) is 0 Å². The Morgan fingerprint density at radius 3 is 2.84 bits per heavy atom. The molecule has 1 fully saturated rings. The summed E-state index contributed by atoms with van der Waals surface area (Å²) in [5, 5.41) is 10.2. The highest BCUT2D eigenvalue weighted by Crippen LogP contribution is 2.22. The molecule has 0 radical (unpaired) electrons. The molecule has 0 saturated carbocycles. The summed E-state index contributed by atoms with van der Waals surface area (Å²) in [6.45, 7) is 0.385. The van der Waals surface area contributed by atoms with E-state index in [2.05, 4.69) is 0 Å². The van der Waals surface area contributed by atoms with E-state index in [0.29, 0.717) is 24.4 Å². The zero-order valence-corrected chi connectivity index (χ0v) is 11.9. The molecule has 1 aliphatic heterocycles. The van der Waals surface area contributed by atoms with Crippen molar-refractivity contribution < 1.29 is 13.5 Å². The lowest BCUT2D eigenvalue weighted by Gasteiger charge is -2.23. The molecule has 0 spiro atoms. The Morgan fingerprint density at radius 1 is 1.42 bits per heavy atom. The highest BCUT2D eigenvalue weighted by atomic mass is 35.5. The molecule has 1 aromatic carbocycles. The maximum absolute atomic E-state index is 12.5. The lowest BCUT2D eigenvalue weighted by molar-refractivity contribution is 0.130. The maximum Gasteiger partial charge on any atom is 0.243 e. The summed E-state index contributed by atoms with van der Waals surface area (Å²) in [6.07, 6.45) is 0.414. The van der Waals surface area contributed by atoms with Gasteiger partial charge in [0.05, 0.1) is 11.0 Å². The van der Waals surface area contributed by atoms with Gasteiger partial charge in [-0.2, -0.15) is 4.31 Å². The third kappa shape index (κ3) is 3.27. The number of benzene rings is 1. The van der Waals surface area contributed by atoms with Crippen LogP contribution in [0.2, 0.25) is 5.02 Å². The van der Waals surface area contributed by atoms with E-state index in [9.17, 15) is 13.5 Å². The molecule has 1 aliphatic rings. The topological polar surface area (TPSA) is 83.6 Å². The van der Waals surface area contributed by atoms with Crippen molar-refractivity contribution >= 4 is 21.6 Å². The minimum atomic E-state index is -3.63. The van der Waals surface area contributed by atoms with Gasteiger partial charge in [0, 0.05) is 24.2 Å². The van der Waals surface area contributed by atoms with E-state index in [1.54, 1.807) is 12.1 Å². The summed E-state index contributed by atoms with van der Waals surface area (Å²) in [4.78, 5) is 0.141. The summed E-state index contributed by atoms with van der Waals surface area (Å²) in [6, 6.07) is 5.75. The van der Waals surface area contributed by atoms with E-state index in [-0.39, 0.29) is 17.5 Å². The Morgan fingerprint density at radius 2 is 2.16 bits per heavy atom. The Balaban J connectivity index is 2.29. The standard InChI is InChI=1S/C12H17ClN2O3S/c13-9-3-1-4-10(7-9)19(17,18)15-6-2-5-11(14)12(16)8-15/h1,3-4,7,11-12,16H,2,5-6,8,14H2. The van der Waals surface area contributed by atoms with Crippen LogP contribution in [0.15, 0.2) is 29.2 Å². The molecule has 2 rings (SSSR count). The van der Waals surface area contributed by atoms with Crippen molar-refractivity contribution in [2.75, 3.05) is 13.1 Å². The fraction of sp³-hybridized carbons (Fsp3) is 0.500. The van der Waals surface area contributed by atoms with E-state index < -0.39 is 16.1 Å². The summed E-state index contributed by atoms with van der Waals surface area (Å²) in [5.74, 6) is 0. The van der Waals surface area contributed by atoms with Crippen molar-refractivity contribution in [1.82, 2.24) is 4.31 Å². The average Bonchev–Trinajstić information content (AvgIpc) is 2.52. The molecule has 1 saturated heterocycles. The first-order valence-electron chi connectivity index (χ1n) is 6.10. The number of hydrogen-bond donors (Lipinski definition) is 2. The molecule has 3 N–H and O–H groups in total. The van der Waals surface area contributed by atoms with Gasteiger partial charge < -0.3 is 10.8 Å². The number of aliphatic hydroxyl groups is 1. The predicted octanol–water partition coefficient (Wildman–Crippen LogP) is 0.813. The van der Waals surface area contributed by atoms with Gasteiger partial charge in [0.25, 0.3) is 0 Å². The minimum Gasteiger partial charge on any atom is -0.390 e. The lowest BCUT2D eigenvalue weighted by atomic mass is 10.1. The van der Waals surface area contributed by atoms with Crippen LogP contribution in [-0.4, -0.2) is 43.1 Å². The largest absolute Gasteiger partial charge is 0.390 e. The van der Waals surface area contributed by atoms with Crippen LogP contribution in [0.4, 0.5) is 0 Å². The number of nitrogens with zero attached hydrogens (tertiary/aromatic N) is 1. The van der Waals surface area contributed by atoms with Gasteiger partial charge in [-0.1, -0.05) is 17.7 Å². The second kappa shape index (κ2) is 5.76. The number of rotatable bonds is 2. The molecule has 1 aromatic rings. The van der Waals surface area contributed by atoms with Crippen LogP contribution in [0.25, 0.3) is 0 Å². The smallest absolute Gasteiger partial charge is 0.243 e. The summed E-state index contributed by atoms with van der Waals surface area (Å²) >= 11 is 5.82. The predicted molar refractivity (Wildman–Crippen MR) is 73.4 cm³/mol. The first-order valence-corrected chi connectivity index (χ1v) is 7.92. The summed E-state index contributed by atoms with van der Waals surface area (Å²) in [7, 11) is -3.63. The van der Waals surface area contributed by atoms with E-state index in [4.69, 9.17) is 17.3 Å². The van der Waals surface area contributed by atoms with Crippen molar-refractivity contribution in [3.8, 4) is 0 Å². The van der Waals surface area contributed by atoms with E-state index in [1.165, 1.54) is 16.4 Å². The van der Waals surface area contributed by atoms with Crippen LogP contribution in [0, 0.1) is 0 Å². The lowest BCUT2D eigenvalue weighted by Crippen LogP contribution is -2.42. The first-order chi connectivity index (χ1) is 8.91. The third-order valence-electron chi connectivity index (χ3n) is 3.26. The van der Waals surface area contributed by atoms with E-state index >= 15 is 0 Å². The van der Waals surface area contributed by atoms with Crippen LogP contribution in [0.1, 0.15) is 12.8 Å². The fourth-order valence-corrected chi connectivity index (χ4v) is 3.92. The van der Waals surface area contributed by atoms with Gasteiger partial charge >= 0.3 is 0 Å². The fourth-order valence-electron chi connectivity index (χ4n) is 2.13. The number of aliphatic hydroxyl groups excluding tert-OH is 1. The second-order valence-corrected chi connectivity index (χ2v) is 7.07. The van der Waals surface area contributed by atoms with Crippen LogP contribution in [0.3, 0.4) is 0 Å². The molecule has 106 valence electrons. The molecule has 7 heteroatoms. The highest BCUT2D eigenvalue weighted by Gasteiger charge is 2.31. The third-order valence-corrected chi connectivity index (χ3v) is 5.36. The van der Waals surface area contributed by atoms with Gasteiger partial charge in [-0.05, 0) is 31.0 Å². The molecular weight excluding hydrogens is 288 g/mol. The molecule has 2 atom stereocenters. The summed E-state index contributed by atoms with van der Waals surface area (Å²) < 4.78 is 26.2. The molecule has 0 aliphatic carbocycles. The first kappa shape index (κ1) is 14.7. The van der Waals surface area contributed by atoms with Gasteiger partial charge in [0.1, 0.15) is 0 Å². The quantitative estimate of drug-likeness (QED) is 0.847. The molecule has 19 heavy (non-hydrogen) atoms. The Bertz CT molecular complexity index is 550. The number of β-amino-alcohol motifs (C(OH)–C–C–N with tert-alkyl or cyclic N) is 1. The van der Waals surface area contributed by atoms with Gasteiger partial charge in [0.2, 0.25) is 10.0 Å². The molecular formula is C12H17ClN2O3S. The van der Waals surface area contributed by atoms with Crippen molar-refractivity contribution in [3.05, 3.63) is 29.3 Å². The van der Waals surface area contributed by atoms with Crippen molar-refractivity contribution in [1.29, 1.82) is 0 Å². The van der Waals surface area contributed by atoms with Crippen LogP contribution in [0.5, 0.6) is 0 Å². The van der Waals surface area contributed by atoms with Crippen LogP contribution >= 0.6 is 11.6 Å². The SMILES string of the molecule is NC1CCCN(S(=O)(=O)c2cccc(Cl)c2)CC1O.